The van der Waals surface area contributed by atoms with Gasteiger partial charge in [-0.15, -0.1) is 10.2 Å². The molecule has 0 spiro atoms. The molecule has 0 bridgehead atoms. The first-order chi connectivity index (χ1) is 3.43. The summed E-state index contributed by atoms with van der Waals surface area (Å²) in [4.78, 5) is 0. The lowest BCUT2D eigenvalue weighted by atomic mass is 11.3. The highest BCUT2D eigenvalue weighted by atomic mass is 31.1. The fourth-order valence-corrected chi connectivity index (χ4v) is 0.414. The first kappa shape index (κ1) is 4.40. The van der Waals surface area contributed by atoms with Crippen molar-refractivity contribution >= 4 is 8.61 Å². The van der Waals surface area contributed by atoms with Crippen molar-refractivity contribution in [3.8, 4) is 0 Å². The van der Waals surface area contributed by atoms with Crippen molar-refractivity contribution < 1.29 is 4.57 Å². The number of aromatic nitrogens is 3. The quantitative estimate of drug-likeness (QED) is 0.495. The smallest absolute Gasteiger partial charge is 0.248 e. The Kier molecular flexibility index (Phi) is 1.13. The molecular weight excluding hydrogens is 113 g/mol. The Morgan fingerprint density at radius 2 is 2.00 bits per heavy atom. The summed E-state index contributed by atoms with van der Waals surface area (Å²) in [6.45, 7) is 0. The van der Waals surface area contributed by atoms with Crippen LogP contribution in [0.2, 0.25) is 0 Å². The molecule has 0 aliphatic rings. The molecule has 0 amide bonds. The molecule has 0 radical (unpaired) electrons. The van der Waals surface area contributed by atoms with E-state index in [1.54, 1.807) is 0 Å². The van der Waals surface area contributed by atoms with Crippen LogP contribution in [0.5, 0.6) is 0 Å². The second-order valence-corrected chi connectivity index (χ2v) is 1.55. The van der Waals surface area contributed by atoms with Crippen molar-refractivity contribution in [1.29, 1.82) is 0 Å². The fraction of sp³-hybridized carbons (Fsp3) is 0. The van der Waals surface area contributed by atoms with E-state index in [0.717, 1.165) is 0 Å². The maximum absolute atomic E-state index is 9.85. The van der Waals surface area contributed by atoms with E-state index in [1.807, 2.05) is 0 Å². The topological polar surface area (TPSA) is 47.8 Å². The average Bonchev–Trinajstić information content (AvgIpc) is 2.14. The van der Waals surface area contributed by atoms with Crippen molar-refractivity contribution in [2.75, 3.05) is 0 Å². The molecule has 0 atom stereocenters. The van der Waals surface area contributed by atoms with Gasteiger partial charge in [0.1, 0.15) is 12.7 Å². The summed E-state index contributed by atoms with van der Waals surface area (Å²) in [6.07, 6.45) is 2.74. The third-order valence-corrected chi connectivity index (χ3v) is 0.896. The third-order valence-electron chi connectivity index (χ3n) is 0.501. The molecule has 0 aliphatic heterocycles. The van der Waals surface area contributed by atoms with Crippen LogP contribution in [0.1, 0.15) is 0 Å². The lowest BCUT2D eigenvalue weighted by molar-refractivity contribution is 0.594. The van der Waals surface area contributed by atoms with Gasteiger partial charge in [0.2, 0.25) is 0 Å². The number of nitrogens with zero attached hydrogens (tertiary/aromatic N) is 3. The SMILES string of the molecule is O=Pn1cnnc1. The molecule has 1 aromatic rings. The maximum Gasteiger partial charge on any atom is 0.288 e. The van der Waals surface area contributed by atoms with Crippen molar-refractivity contribution in [1.82, 2.24) is 14.5 Å². The normalized spacial score (nSPS) is 9.71. The van der Waals surface area contributed by atoms with Crippen LogP contribution in [0.3, 0.4) is 0 Å². The highest BCUT2D eigenvalue weighted by Crippen LogP contribution is 1.93. The summed E-state index contributed by atoms with van der Waals surface area (Å²) in [6, 6.07) is 0. The highest BCUT2D eigenvalue weighted by Gasteiger charge is 1.80. The predicted octanol–water partition coefficient (Wildman–Crippen LogP) is 0.333. The summed E-state index contributed by atoms with van der Waals surface area (Å²) < 4.78 is 11.2. The molecule has 1 rings (SSSR count). The Hall–Kier alpha value is -0.760. The van der Waals surface area contributed by atoms with E-state index >= 15 is 0 Å². The summed E-state index contributed by atoms with van der Waals surface area (Å²) >= 11 is 0. The first-order valence-electron chi connectivity index (χ1n) is 1.62. The van der Waals surface area contributed by atoms with E-state index in [4.69, 9.17) is 0 Å². The zero-order valence-corrected chi connectivity index (χ0v) is 4.25. The highest BCUT2D eigenvalue weighted by molar-refractivity contribution is 7.21. The van der Waals surface area contributed by atoms with E-state index in [1.165, 1.54) is 17.0 Å². The molecule has 0 unspecified atom stereocenters. The molecule has 1 heterocycles. The molecule has 0 aromatic carbocycles. The zero-order valence-electron chi connectivity index (χ0n) is 3.35. The average molecular weight is 115 g/mol. The van der Waals surface area contributed by atoms with Gasteiger partial charge in [-0.1, -0.05) is 0 Å². The van der Waals surface area contributed by atoms with Gasteiger partial charge in [0, 0.05) is 0 Å². The number of hydrogen-bond donors (Lipinski definition) is 0. The lowest BCUT2D eigenvalue weighted by Gasteiger charge is -1.70. The van der Waals surface area contributed by atoms with Gasteiger partial charge < -0.3 is 0 Å². The molecule has 36 valence electrons. The van der Waals surface area contributed by atoms with Crippen molar-refractivity contribution in [3.63, 3.8) is 0 Å². The Morgan fingerprint density at radius 1 is 1.43 bits per heavy atom. The van der Waals surface area contributed by atoms with Crippen LogP contribution >= 0.6 is 8.61 Å². The van der Waals surface area contributed by atoms with Crippen molar-refractivity contribution in [2.45, 2.75) is 0 Å². The molecule has 0 saturated heterocycles. The summed E-state index contributed by atoms with van der Waals surface area (Å²) in [5.41, 5.74) is 0. The van der Waals surface area contributed by atoms with Crippen LogP contribution < -0.4 is 0 Å². The van der Waals surface area contributed by atoms with Crippen LogP contribution in [-0.2, 0) is 4.57 Å². The minimum atomic E-state index is -0.0934. The largest absolute Gasteiger partial charge is 0.288 e. The minimum Gasteiger partial charge on any atom is -0.248 e. The monoisotopic (exact) mass is 115 g/mol. The van der Waals surface area contributed by atoms with Crippen molar-refractivity contribution in [2.24, 2.45) is 0 Å². The summed E-state index contributed by atoms with van der Waals surface area (Å²) in [7, 11) is -0.0934. The van der Waals surface area contributed by atoms with Crippen LogP contribution in [0.4, 0.5) is 0 Å². The zero-order chi connectivity index (χ0) is 5.11. The predicted molar refractivity (Wildman–Crippen MR) is 23.0 cm³/mol. The second-order valence-electron chi connectivity index (χ2n) is 0.924. The Morgan fingerprint density at radius 3 is 2.29 bits per heavy atom. The lowest BCUT2D eigenvalue weighted by Crippen LogP contribution is -1.66. The summed E-state index contributed by atoms with van der Waals surface area (Å²) in [5, 5.41) is 6.80. The van der Waals surface area contributed by atoms with Gasteiger partial charge in [-0.25, -0.2) is 8.90 Å². The van der Waals surface area contributed by atoms with Crippen LogP contribution in [0, 0.1) is 0 Å². The van der Waals surface area contributed by atoms with Crippen molar-refractivity contribution in [3.05, 3.63) is 12.7 Å². The molecule has 0 saturated carbocycles. The molecule has 0 fully saturated rings. The molecular formula is C2H2N3OP. The van der Waals surface area contributed by atoms with E-state index in [0.29, 0.717) is 0 Å². The summed E-state index contributed by atoms with van der Waals surface area (Å²) in [5.74, 6) is 0. The van der Waals surface area contributed by atoms with Gasteiger partial charge in [0.25, 0.3) is 8.61 Å². The van der Waals surface area contributed by atoms with Gasteiger partial charge in [-0.2, -0.15) is 0 Å². The molecule has 0 aliphatic carbocycles. The Balaban J connectivity index is 2.96. The minimum absolute atomic E-state index is 0.0934. The van der Waals surface area contributed by atoms with Gasteiger partial charge in [0.15, 0.2) is 0 Å². The Labute approximate surface area is 41.4 Å². The standard InChI is InChI=1S/C2H2N3OP/c6-7-5-1-3-4-2-5/h1-2H. The maximum atomic E-state index is 9.85. The van der Waals surface area contributed by atoms with Gasteiger partial charge in [-0.3, -0.25) is 0 Å². The fourth-order valence-electron chi connectivity index (χ4n) is 0.237. The number of hydrogen-bond acceptors (Lipinski definition) is 3. The van der Waals surface area contributed by atoms with E-state index < -0.39 is 0 Å². The van der Waals surface area contributed by atoms with Crippen LogP contribution in [0.25, 0.3) is 0 Å². The van der Waals surface area contributed by atoms with Gasteiger partial charge in [0.05, 0.1) is 0 Å². The van der Waals surface area contributed by atoms with Gasteiger partial charge in [-0.05, 0) is 0 Å². The third kappa shape index (κ3) is 0.810. The van der Waals surface area contributed by atoms with E-state index in [2.05, 4.69) is 10.2 Å². The Bertz CT molecular complexity index is 148. The first-order valence-corrected chi connectivity index (χ1v) is 2.38. The molecule has 4 nitrogen and oxygen atoms in total. The molecule has 0 N–H and O–H groups in total. The van der Waals surface area contributed by atoms with Crippen LogP contribution in [0.15, 0.2) is 12.7 Å². The molecule has 7 heavy (non-hydrogen) atoms. The van der Waals surface area contributed by atoms with Crippen LogP contribution in [-0.4, -0.2) is 14.5 Å². The molecule has 5 heteroatoms. The number of rotatable bonds is 1. The van der Waals surface area contributed by atoms with Gasteiger partial charge >= 0.3 is 0 Å². The van der Waals surface area contributed by atoms with E-state index in [9.17, 15) is 4.57 Å². The second kappa shape index (κ2) is 1.80. The molecule has 1 aromatic heterocycles. The van der Waals surface area contributed by atoms with E-state index in [-0.39, 0.29) is 8.61 Å².